The summed E-state index contributed by atoms with van der Waals surface area (Å²) in [6, 6.07) is 8.19. The predicted molar refractivity (Wildman–Crippen MR) is 95.5 cm³/mol. The van der Waals surface area contributed by atoms with E-state index in [2.05, 4.69) is 5.32 Å². The number of amides is 2. The summed E-state index contributed by atoms with van der Waals surface area (Å²) in [5.41, 5.74) is 1.41. The molecule has 8 heteroatoms. The number of likely N-dealkylation sites (N-methyl/N-ethyl adjacent to an activating group) is 1. The van der Waals surface area contributed by atoms with Crippen LogP contribution in [0, 0.1) is 6.92 Å². The summed E-state index contributed by atoms with van der Waals surface area (Å²) in [6.45, 7) is 2.03. The van der Waals surface area contributed by atoms with Crippen LogP contribution in [0.15, 0.2) is 39.6 Å². The van der Waals surface area contributed by atoms with Crippen molar-refractivity contribution in [2.24, 2.45) is 0 Å². The number of carbonyl (C=O) groups excluding carboxylic acids is 2. The second-order valence-corrected chi connectivity index (χ2v) is 8.39. The molecule has 0 aliphatic carbocycles. The van der Waals surface area contributed by atoms with Crippen molar-refractivity contribution in [1.82, 2.24) is 5.32 Å². The van der Waals surface area contributed by atoms with Gasteiger partial charge in [-0.05, 0) is 42.8 Å². The van der Waals surface area contributed by atoms with Crippen molar-refractivity contribution >= 4 is 27.3 Å². The molecule has 0 radical (unpaired) electrons. The lowest BCUT2D eigenvalue weighted by molar-refractivity contribution is -0.121. The molecule has 0 spiro atoms. The minimum atomic E-state index is -3.60. The first-order valence-corrected chi connectivity index (χ1v) is 9.86. The first kappa shape index (κ1) is 18.2. The van der Waals surface area contributed by atoms with Gasteiger partial charge in [0, 0.05) is 19.2 Å². The lowest BCUT2D eigenvalue weighted by atomic mass is 10.2. The molecular weight excluding hydrogens is 356 g/mol. The van der Waals surface area contributed by atoms with E-state index in [-0.39, 0.29) is 41.8 Å². The zero-order valence-electron chi connectivity index (χ0n) is 14.6. The van der Waals surface area contributed by atoms with Crippen LogP contribution < -0.4 is 10.2 Å². The van der Waals surface area contributed by atoms with Crippen LogP contribution in [0.1, 0.15) is 23.5 Å². The van der Waals surface area contributed by atoms with Gasteiger partial charge >= 0.3 is 0 Å². The van der Waals surface area contributed by atoms with Gasteiger partial charge in [0.15, 0.2) is 9.84 Å². The van der Waals surface area contributed by atoms with Crippen LogP contribution in [0.25, 0.3) is 0 Å². The summed E-state index contributed by atoms with van der Waals surface area (Å²) in [5.74, 6) is 0.642. The Morgan fingerprint density at radius 3 is 2.73 bits per heavy atom. The lowest BCUT2D eigenvalue weighted by Crippen LogP contribution is -2.25. The third-order valence-corrected chi connectivity index (χ3v) is 6.05. The molecule has 138 valence electrons. The molecule has 1 aromatic carbocycles. The van der Waals surface area contributed by atoms with Gasteiger partial charge < -0.3 is 14.6 Å². The van der Waals surface area contributed by atoms with Crippen LogP contribution in [-0.2, 0) is 32.4 Å². The summed E-state index contributed by atoms with van der Waals surface area (Å²) < 4.78 is 30.3. The van der Waals surface area contributed by atoms with Gasteiger partial charge in [-0.25, -0.2) is 8.42 Å². The average molecular weight is 376 g/mol. The first-order chi connectivity index (χ1) is 12.3. The number of hydrogen-bond donors (Lipinski definition) is 1. The van der Waals surface area contributed by atoms with Crippen LogP contribution in [0.5, 0.6) is 0 Å². The number of hydrogen-bond acceptors (Lipinski definition) is 5. The normalized spacial score (nSPS) is 13.8. The van der Waals surface area contributed by atoms with E-state index in [0.717, 1.165) is 11.4 Å². The standard InChI is InChI=1S/C18H20N2O5S/c1-12-3-4-14(25-12)11-19-17(21)7-8-26(23,24)15-5-6-16-13(9-15)10-18(22)20(16)2/h3-6,9H,7-8,10-11H2,1-2H3,(H,19,21). The predicted octanol–water partition coefficient (Wildman–Crippen LogP) is 1.59. The van der Waals surface area contributed by atoms with E-state index in [0.29, 0.717) is 11.3 Å². The fourth-order valence-corrected chi connectivity index (χ4v) is 4.13. The van der Waals surface area contributed by atoms with E-state index in [9.17, 15) is 18.0 Å². The van der Waals surface area contributed by atoms with E-state index < -0.39 is 9.84 Å². The minimum absolute atomic E-state index is 0.0675. The average Bonchev–Trinajstić information content (AvgIpc) is 3.14. The smallest absolute Gasteiger partial charge is 0.231 e. The van der Waals surface area contributed by atoms with E-state index in [1.807, 2.05) is 0 Å². The number of rotatable bonds is 6. The SMILES string of the molecule is Cc1ccc(CNC(=O)CCS(=O)(=O)c2ccc3c(c2)CC(=O)N3C)o1. The van der Waals surface area contributed by atoms with Gasteiger partial charge in [-0.2, -0.15) is 0 Å². The van der Waals surface area contributed by atoms with E-state index in [1.54, 1.807) is 32.2 Å². The third kappa shape index (κ3) is 3.80. The maximum atomic E-state index is 12.5. The summed E-state index contributed by atoms with van der Waals surface area (Å²) >= 11 is 0. The van der Waals surface area contributed by atoms with Gasteiger partial charge in [-0.1, -0.05) is 0 Å². The summed E-state index contributed by atoms with van der Waals surface area (Å²) in [4.78, 5) is 25.3. The Morgan fingerprint density at radius 1 is 1.27 bits per heavy atom. The Kier molecular flexibility index (Phi) is 4.86. The van der Waals surface area contributed by atoms with Crippen LogP contribution in [0.2, 0.25) is 0 Å². The molecule has 1 aliphatic rings. The fourth-order valence-electron chi connectivity index (χ4n) is 2.84. The Morgan fingerprint density at radius 2 is 2.04 bits per heavy atom. The van der Waals surface area contributed by atoms with E-state index in [4.69, 9.17) is 4.42 Å². The molecule has 1 aliphatic heterocycles. The van der Waals surface area contributed by atoms with Crippen LogP contribution in [0.3, 0.4) is 0 Å². The molecule has 2 heterocycles. The quantitative estimate of drug-likeness (QED) is 0.826. The molecule has 1 aromatic heterocycles. The number of nitrogens with one attached hydrogen (secondary N) is 1. The first-order valence-electron chi connectivity index (χ1n) is 8.20. The zero-order chi connectivity index (χ0) is 18.9. The molecule has 0 bridgehead atoms. The van der Waals surface area contributed by atoms with Crippen molar-refractivity contribution < 1.29 is 22.4 Å². The number of fused-ring (bicyclic) bond motifs is 1. The number of aryl methyl sites for hydroxylation is 1. The summed E-state index contributed by atoms with van der Waals surface area (Å²) in [6.07, 6.45) is 0.0518. The topological polar surface area (TPSA) is 96.7 Å². The summed E-state index contributed by atoms with van der Waals surface area (Å²) in [5, 5.41) is 2.64. The van der Waals surface area contributed by atoms with E-state index >= 15 is 0 Å². The maximum absolute atomic E-state index is 12.5. The van der Waals surface area contributed by atoms with Crippen molar-refractivity contribution in [2.45, 2.75) is 31.2 Å². The molecule has 0 saturated carbocycles. The molecule has 3 rings (SSSR count). The highest BCUT2D eigenvalue weighted by atomic mass is 32.2. The minimum Gasteiger partial charge on any atom is -0.465 e. The van der Waals surface area contributed by atoms with Gasteiger partial charge in [-0.15, -0.1) is 0 Å². The number of sulfone groups is 1. The fraction of sp³-hybridized carbons (Fsp3) is 0.333. The van der Waals surface area contributed by atoms with Crippen molar-refractivity contribution in [1.29, 1.82) is 0 Å². The Bertz CT molecular complexity index is 962. The van der Waals surface area contributed by atoms with Crippen LogP contribution in [-0.4, -0.2) is 33.0 Å². The number of benzene rings is 1. The molecule has 1 N–H and O–H groups in total. The van der Waals surface area contributed by atoms with Crippen LogP contribution >= 0.6 is 0 Å². The molecule has 2 amide bonds. The lowest BCUT2D eigenvalue weighted by Gasteiger charge is -2.11. The number of furan rings is 1. The zero-order valence-corrected chi connectivity index (χ0v) is 15.4. The molecule has 2 aromatic rings. The molecule has 0 atom stereocenters. The molecule has 0 fully saturated rings. The maximum Gasteiger partial charge on any atom is 0.231 e. The van der Waals surface area contributed by atoms with Gasteiger partial charge in [0.25, 0.3) is 0 Å². The molecule has 7 nitrogen and oxygen atoms in total. The largest absolute Gasteiger partial charge is 0.465 e. The second-order valence-electron chi connectivity index (χ2n) is 6.28. The molecule has 0 unspecified atom stereocenters. The number of nitrogens with zero attached hydrogens (tertiary/aromatic N) is 1. The Labute approximate surface area is 151 Å². The van der Waals surface area contributed by atoms with Crippen molar-refractivity contribution in [3.63, 3.8) is 0 Å². The van der Waals surface area contributed by atoms with Gasteiger partial charge in [0.2, 0.25) is 11.8 Å². The second kappa shape index (κ2) is 6.95. The van der Waals surface area contributed by atoms with Crippen molar-refractivity contribution in [3.05, 3.63) is 47.4 Å². The van der Waals surface area contributed by atoms with Crippen LogP contribution in [0.4, 0.5) is 5.69 Å². The highest BCUT2D eigenvalue weighted by Gasteiger charge is 2.26. The highest BCUT2D eigenvalue weighted by Crippen LogP contribution is 2.30. The Balaban J connectivity index is 1.60. The monoisotopic (exact) mass is 376 g/mol. The molecule has 26 heavy (non-hydrogen) atoms. The number of anilines is 1. The Hall–Kier alpha value is -2.61. The van der Waals surface area contributed by atoms with Crippen molar-refractivity contribution in [2.75, 3.05) is 17.7 Å². The summed E-state index contributed by atoms with van der Waals surface area (Å²) in [7, 11) is -1.94. The highest BCUT2D eigenvalue weighted by molar-refractivity contribution is 7.91. The van der Waals surface area contributed by atoms with Crippen molar-refractivity contribution in [3.8, 4) is 0 Å². The van der Waals surface area contributed by atoms with Gasteiger partial charge in [-0.3, -0.25) is 9.59 Å². The molecule has 0 saturated heterocycles. The molecular formula is C18H20N2O5S. The van der Waals surface area contributed by atoms with E-state index in [1.165, 1.54) is 17.0 Å². The number of carbonyl (C=O) groups is 2. The third-order valence-electron chi connectivity index (χ3n) is 4.34. The van der Waals surface area contributed by atoms with Gasteiger partial charge in [0.1, 0.15) is 11.5 Å². The van der Waals surface area contributed by atoms with Gasteiger partial charge in [0.05, 0.1) is 23.6 Å².